The van der Waals surface area contributed by atoms with E-state index >= 15 is 0 Å². The molecule has 1 aliphatic carbocycles. The van der Waals surface area contributed by atoms with Gasteiger partial charge >= 0.3 is 0 Å². The van der Waals surface area contributed by atoms with Gasteiger partial charge in [-0.2, -0.15) is 0 Å². The molecule has 1 amide bonds. The van der Waals surface area contributed by atoms with Gasteiger partial charge in [-0.25, -0.2) is 12.7 Å². The number of nitrogens with one attached hydrogen (secondary N) is 1. The first kappa shape index (κ1) is 16.7. The summed E-state index contributed by atoms with van der Waals surface area (Å²) in [5.74, 6) is -0.0479. The Kier molecular flexibility index (Phi) is 5.30. The van der Waals surface area contributed by atoms with Crippen molar-refractivity contribution in [1.29, 1.82) is 0 Å². The van der Waals surface area contributed by atoms with Crippen molar-refractivity contribution in [2.75, 3.05) is 18.8 Å². The Balaban J connectivity index is 1.96. The van der Waals surface area contributed by atoms with Crippen molar-refractivity contribution < 1.29 is 13.2 Å². The van der Waals surface area contributed by atoms with E-state index in [1.54, 1.807) is 6.92 Å². The van der Waals surface area contributed by atoms with Crippen molar-refractivity contribution in [3.63, 3.8) is 0 Å². The summed E-state index contributed by atoms with van der Waals surface area (Å²) < 4.78 is 25.4. The number of hydrogen-bond acceptors (Lipinski definition) is 3. The lowest BCUT2D eigenvalue weighted by atomic mass is 9.82. The minimum atomic E-state index is -3.18. The smallest absolute Gasteiger partial charge is 0.224 e. The summed E-state index contributed by atoms with van der Waals surface area (Å²) in [5, 5.41) is 3.19. The maximum absolute atomic E-state index is 12.5. The fourth-order valence-electron chi connectivity index (χ4n) is 3.45. The Labute approximate surface area is 128 Å². The average molecular weight is 316 g/mol. The molecule has 5 nitrogen and oxygen atoms in total. The van der Waals surface area contributed by atoms with Crippen LogP contribution in [0.1, 0.15) is 58.8 Å². The van der Waals surface area contributed by atoms with Gasteiger partial charge in [0, 0.05) is 18.6 Å². The highest BCUT2D eigenvalue weighted by Gasteiger charge is 2.35. The molecule has 1 aliphatic heterocycles. The molecule has 0 aromatic carbocycles. The van der Waals surface area contributed by atoms with Crippen LogP contribution in [0.15, 0.2) is 0 Å². The van der Waals surface area contributed by atoms with Gasteiger partial charge in [-0.15, -0.1) is 0 Å². The molecule has 0 aromatic heterocycles. The molecule has 122 valence electrons. The molecule has 1 saturated heterocycles. The Morgan fingerprint density at radius 2 is 1.90 bits per heavy atom. The maximum Gasteiger partial charge on any atom is 0.224 e. The van der Waals surface area contributed by atoms with Crippen molar-refractivity contribution in [2.45, 2.75) is 64.3 Å². The monoisotopic (exact) mass is 316 g/mol. The van der Waals surface area contributed by atoms with Gasteiger partial charge in [-0.3, -0.25) is 4.79 Å². The van der Waals surface area contributed by atoms with Crippen molar-refractivity contribution in [2.24, 2.45) is 5.92 Å². The third kappa shape index (κ3) is 4.19. The predicted molar refractivity (Wildman–Crippen MR) is 83.4 cm³/mol. The van der Waals surface area contributed by atoms with E-state index < -0.39 is 10.0 Å². The number of rotatable bonds is 4. The van der Waals surface area contributed by atoms with Crippen LogP contribution in [0.5, 0.6) is 0 Å². The van der Waals surface area contributed by atoms with Crippen LogP contribution in [0.3, 0.4) is 0 Å². The molecule has 2 aliphatic rings. The molecule has 0 unspecified atom stereocenters. The summed E-state index contributed by atoms with van der Waals surface area (Å²) in [6.45, 7) is 4.67. The molecule has 2 fully saturated rings. The van der Waals surface area contributed by atoms with Gasteiger partial charge in [0.2, 0.25) is 15.9 Å². The fourth-order valence-corrected chi connectivity index (χ4v) is 4.63. The minimum absolute atomic E-state index is 0.0374. The summed E-state index contributed by atoms with van der Waals surface area (Å²) in [4.78, 5) is 12.5. The van der Waals surface area contributed by atoms with Crippen LogP contribution < -0.4 is 5.32 Å². The highest BCUT2D eigenvalue weighted by molar-refractivity contribution is 7.89. The second-order valence-electron chi connectivity index (χ2n) is 6.71. The number of carbonyl (C=O) groups excluding carboxylic acids is 1. The average Bonchev–Trinajstić information content (AvgIpc) is 2.47. The van der Waals surface area contributed by atoms with Crippen molar-refractivity contribution in [3.05, 3.63) is 0 Å². The van der Waals surface area contributed by atoms with E-state index in [4.69, 9.17) is 0 Å². The van der Waals surface area contributed by atoms with Crippen LogP contribution in [0.4, 0.5) is 0 Å². The number of nitrogens with zero attached hydrogens (tertiary/aromatic N) is 1. The topological polar surface area (TPSA) is 66.5 Å². The molecule has 0 aromatic rings. The van der Waals surface area contributed by atoms with Crippen LogP contribution in [0.2, 0.25) is 0 Å². The molecule has 0 radical (unpaired) electrons. The van der Waals surface area contributed by atoms with E-state index in [0.29, 0.717) is 13.1 Å². The first-order chi connectivity index (χ1) is 9.86. The number of sulfonamides is 1. The van der Waals surface area contributed by atoms with E-state index in [9.17, 15) is 13.2 Å². The number of hydrogen-bond donors (Lipinski definition) is 1. The first-order valence-corrected chi connectivity index (χ1v) is 9.77. The third-order valence-corrected chi connectivity index (χ3v) is 6.74. The quantitative estimate of drug-likeness (QED) is 0.861. The van der Waals surface area contributed by atoms with Gasteiger partial charge in [0.15, 0.2) is 0 Å². The summed E-state index contributed by atoms with van der Waals surface area (Å²) in [7, 11) is -3.18. The van der Waals surface area contributed by atoms with Gasteiger partial charge in [-0.05, 0) is 39.5 Å². The standard InChI is InChI=1S/C15H28N2O3S/c1-3-21(19,20)17-11-7-8-13(12-17)14(18)16-15(2)9-5-4-6-10-15/h13H,3-12H2,1-2H3,(H,16,18)/t13-/m1/s1. The summed E-state index contributed by atoms with van der Waals surface area (Å²) in [5.41, 5.74) is -0.0960. The highest BCUT2D eigenvalue weighted by atomic mass is 32.2. The van der Waals surface area contributed by atoms with Crippen molar-refractivity contribution in [3.8, 4) is 0 Å². The Bertz CT molecular complexity index is 469. The Morgan fingerprint density at radius 1 is 1.24 bits per heavy atom. The van der Waals surface area contributed by atoms with E-state index in [-0.39, 0.29) is 23.1 Å². The molecular formula is C15H28N2O3S. The summed E-state index contributed by atoms with van der Waals surface area (Å²) in [6.07, 6.45) is 7.20. The minimum Gasteiger partial charge on any atom is -0.351 e. The lowest BCUT2D eigenvalue weighted by Gasteiger charge is -2.37. The Hall–Kier alpha value is -0.620. The third-order valence-electron chi connectivity index (χ3n) is 4.90. The number of piperidine rings is 1. The summed E-state index contributed by atoms with van der Waals surface area (Å²) in [6, 6.07) is 0. The lowest BCUT2D eigenvalue weighted by molar-refractivity contribution is -0.128. The van der Waals surface area contributed by atoms with Crippen LogP contribution in [0.25, 0.3) is 0 Å². The van der Waals surface area contributed by atoms with Gasteiger partial charge in [0.25, 0.3) is 0 Å². The van der Waals surface area contributed by atoms with Gasteiger partial charge in [0.05, 0.1) is 11.7 Å². The van der Waals surface area contributed by atoms with E-state index in [0.717, 1.165) is 38.5 Å². The fraction of sp³-hybridized carbons (Fsp3) is 0.933. The maximum atomic E-state index is 12.5. The van der Waals surface area contributed by atoms with Gasteiger partial charge in [0.1, 0.15) is 0 Å². The molecule has 1 atom stereocenters. The van der Waals surface area contributed by atoms with E-state index in [2.05, 4.69) is 12.2 Å². The largest absolute Gasteiger partial charge is 0.351 e. The Morgan fingerprint density at radius 3 is 2.52 bits per heavy atom. The van der Waals surface area contributed by atoms with E-state index in [1.807, 2.05) is 0 Å². The molecule has 0 spiro atoms. The second kappa shape index (κ2) is 6.65. The zero-order chi connectivity index (χ0) is 15.5. The van der Waals surface area contributed by atoms with Gasteiger partial charge in [-0.1, -0.05) is 19.3 Å². The van der Waals surface area contributed by atoms with E-state index in [1.165, 1.54) is 10.7 Å². The molecular weight excluding hydrogens is 288 g/mol. The van der Waals surface area contributed by atoms with Crippen molar-refractivity contribution >= 4 is 15.9 Å². The molecule has 2 rings (SSSR count). The molecule has 1 N–H and O–H groups in total. The second-order valence-corrected chi connectivity index (χ2v) is 8.97. The zero-order valence-electron chi connectivity index (χ0n) is 13.2. The van der Waals surface area contributed by atoms with Crippen LogP contribution in [0, 0.1) is 5.92 Å². The first-order valence-electron chi connectivity index (χ1n) is 8.16. The van der Waals surface area contributed by atoms with Gasteiger partial charge < -0.3 is 5.32 Å². The predicted octanol–water partition coefficient (Wildman–Crippen LogP) is 1.89. The molecule has 1 saturated carbocycles. The highest BCUT2D eigenvalue weighted by Crippen LogP contribution is 2.29. The summed E-state index contributed by atoms with van der Waals surface area (Å²) >= 11 is 0. The SMILES string of the molecule is CCS(=O)(=O)N1CCC[C@@H](C(=O)NC2(C)CCCCC2)C1. The molecule has 0 bridgehead atoms. The van der Waals surface area contributed by atoms with Crippen LogP contribution in [-0.2, 0) is 14.8 Å². The van der Waals surface area contributed by atoms with Crippen molar-refractivity contribution in [1.82, 2.24) is 9.62 Å². The normalized spacial score (nSPS) is 27.2. The van der Waals surface area contributed by atoms with Crippen LogP contribution >= 0.6 is 0 Å². The molecule has 1 heterocycles. The number of carbonyl (C=O) groups is 1. The molecule has 21 heavy (non-hydrogen) atoms. The molecule has 6 heteroatoms. The lowest BCUT2D eigenvalue weighted by Crippen LogP contribution is -2.52. The zero-order valence-corrected chi connectivity index (χ0v) is 14.0. The number of amides is 1. The van der Waals surface area contributed by atoms with Crippen LogP contribution in [-0.4, -0.2) is 43.0 Å².